The maximum absolute atomic E-state index is 12.9. The zero-order chi connectivity index (χ0) is 22.8. The van der Waals surface area contributed by atoms with E-state index in [-0.39, 0.29) is 22.6 Å². The molecule has 0 aliphatic heterocycles. The summed E-state index contributed by atoms with van der Waals surface area (Å²) in [5.74, 6) is -1.63. The number of fused-ring (bicyclic) bond motifs is 1. The number of aryl methyl sites for hydroxylation is 1. The lowest BCUT2D eigenvalue weighted by molar-refractivity contribution is -0.137. The Labute approximate surface area is 178 Å². The van der Waals surface area contributed by atoms with Gasteiger partial charge in [-0.05, 0) is 43.7 Å². The summed E-state index contributed by atoms with van der Waals surface area (Å²) in [5, 5.41) is 21.2. The van der Waals surface area contributed by atoms with Gasteiger partial charge in [0.05, 0.1) is 28.1 Å². The van der Waals surface area contributed by atoms with Crippen molar-refractivity contribution in [3.05, 3.63) is 59.3 Å². The minimum atomic E-state index is -4.05. The highest BCUT2D eigenvalue weighted by atomic mass is 32.2. The molecule has 4 N–H and O–H groups in total. The van der Waals surface area contributed by atoms with Gasteiger partial charge >= 0.3 is 5.97 Å². The van der Waals surface area contributed by atoms with Gasteiger partial charge in [-0.3, -0.25) is 14.3 Å². The second-order valence-corrected chi connectivity index (χ2v) is 8.78. The second-order valence-electron chi connectivity index (χ2n) is 7.10. The van der Waals surface area contributed by atoms with Gasteiger partial charge in [0, 0.05) is 23.2 Å². The van der Waals surface area contributed by atoms with Crippen LogP contribution >= 0.6 is 0 Å². The smallest absolute Gasteiger partial charge is 0.305 e. The van der Waals surface area contributed by atoms with Crippen LogP contribution in [0.25, 0.3) is 10.9 Å². The number of benzene rings is 2. The van der Waals surface area contributed by atoms with Crippen LogP contribution in [0, 0.1) is 18.3 Å². The van der Waals surface area contributed by atoms with E-state index in [1.807, 2.05) is 6.92 Å². The molecule has 0 aliphatic rings. The van der Waals surface area contributed by atoms with Crippen molar-refractivity contribution in [2.75, 3.05) is 4.72 Å². The van der Waals surface area contributed by atoms with E-state index < -0.39 is 27.9 Å². The molecule has 0 radical (unpaired) electrons. The molecule has 160 valence electrons. The summed E-state index contributed by atoms with van der Waals surface area (Å²) in [5.41, 5.74) is 2.07. The Morgan fingerprint density at radius 1 is 1.26 bits per heavy atom. The first-order valence-corrected chi connectivity index (χ1v) is 10.8. The number of carboxylic acid groups (broad SMARTS) is 1. The van der Waals surface area contributed by atoms with E-state index in [4.69, 9.17) is 5.11 Å². The number of nitrogens with one attached hydrogen (secondary N) is 3. The zero-order valence-electron chi connectivity index (χ0n) is 16.8. The number of carbonyl (C=O) groups is 2. The Hall–Kier alpha value is -3.84. The van der Waals surface area contributed by atoms with E-state index in [0.717, 1.165) is 5.56 Å². The number of nitrogens with zero attached hydrogens (tertiary/aromatic N) is 1. The largest absolute Gasteiger partial charge is 0.481 e. The SMILES string of the molecule is Cc1ccc(NS(=O)(=O)c2cccc(C(=O)N[C@H](C)CC(=O)O)c2)c2[nH]cc(C#N)c12. The monoisotopic (exact) mass is 440 g/mol. The summed E-state index contributed by atoms with van der Waals surface area (Å²) >= 11 is 0. The third-order valence-electron chi connectivity index (χ3n) is 4.67. The summed E-state index contributed by atoms with van der Waals surface area (Å²) in [6.45, 7) is 3.37. The van der Waals surface area contributed by atoms with E-state index in [2.05, 4.69) is 21.1 Å². The van der Waals surface area contributed by atoms with Crippen LogP contribution in [0.4, 0.5) is 5.69 Å². The maximum Gasteiger partial charge on any atom is 0.305 e. The first kappa shape index (κ1) is 21.9. The Bertz CT molecular complexity index is 1320. The molecule has 2 aromatic carbocycles. The molecular weight excluding hydrogens is 420 g/mol. The zero-order valence-corrected chi connectivity index (χ0v) is 17.6. The molecule has 0 spiro atoms. The maximum atomic E-state index is 12.9. The number of aromatic amines is 1. The third-order valence-corrected chi connectivity index (χ3v) is 6.04. The average molecular weight is 440 g/mol. The predicted octanol–water partition coefficient (Wildman–Crippen LogP) is 2.74. The van der Waals surface area contributed by atoms with Gasteiger partial charge in [-0.1, -0.05) is 12.1 Å². The van der Waals surface area contributed by atoms with Crippen LogP contribution in [-0.4, -0.2) is 36.4 Å². The molecule has 0 bridgehead atoms. The van der Waals surface area contributed by atoms with Crippen LogP contribution in [0.1, 0.15) is 34.8 Å². The van der Waals surface area contributed by atoms with E-state index in [0.29, 0.717) is 16.5 Å². The highest BCUT2D eigenvalue weighted by Crippen LogP contribution is 2.30. The second kappa shape index (κ2) is 8.49. The van der Waals surface area contributed by atoms with Gasteiger partial charge in [-0.2, -0.15) is 5.26 Å². The summed E-state index contributed by atoms with van der Waals surface area (Å²) in [6.07, 6.45) is 1.26. The van der Waals surface area contributed by atoms with Crippen LogP contribution in [0.5, 0.6) is 0 Å². The third kappa shape index (κ3) is 4.67. The molecule has 1 heterocycles. The lowest BCUT2D eigenvalue weighted by Gasteiger charge is -2.13. The molecule has 31 heavy (non-hydrogen) atoms. The van der Waals surface area contributed by atoms with Crippen LogP contribution in [0.3, 0.4) is 0 Å². The van der Waals surface area contributed by atoms with E-state index in [9.17, 15) is 23.3 Å². The van der Waals surface area contributed by atoms with Crippen LogP contribution < -0.4 is 10.0 Å². The first-order chi connectivity index (χ1) is 14.6. The van der Waals surface area contributed by atoms with Gasteiger partial charge in [0.1, 0.15) is 6.07 Å². The van der Waals surface area contributed by atoms with Gasteiger partial charge < -0.3 is 15.4 Å². The average Bonchev–Trinajstić information content (AvgIpc) is 3.15. The Morgan fingerprint density at radius 2 is 2.00 bits per heavy atom. The highest BCUT2D eigenvalue weighted by Gasteiger charge is 2.20. The number of rotatable bonds is 7. The highest BCUT2D eigenvalue weighted by molar-refractivity contribution is 7.92. The molecule has 1 aromatic heterocycles. The normalized spacial score (nSPS) is 12.2. The topological polar surface area (TPSA) is 152 Å². The fourth-order valence-electron chi connectivity index (χ4n) is 3.22. The molecule has 0 fully saturated rings. The lowest BCUT2D eigenvalue weighted by atomic mass is 10.1. The first-order valence-electron chi connectivity index (χ1n) is 9.28. The number of aliphatic carboxylic acids is 1. The fourth-order valence-corrected chi connectivity index (χ4v) is 4.34. The van der Waals surface area contributed by atoms with Crippen molar-refractivity contribution in [1.29, 1.82) is 5.26 Å². The Morgan fingerprint density at radius 3 is 2.68 bits per heavy atom. The van der Waals surface area contributed by atoms with Crippen molar-refractivity contribution in [1.82, 2.24) is 10.3 Å². The molecule has 9 nitrogen and oxygen atoms in total. The minimum Gasteiger partial charge on any atom is -0.481 e. The van der Waals surface area contributed by atoms with Crippen LogP contribution in [-0.2, 0) is 14.8 Å². The number of aromatic nitrogens is 1. The number of amides is 1. The van der Waals surface area contributed by atoms with E-state index >= 15 is 0 Å². The van der Waals surface area contributed by atoms with Gasteiger partial charge in [0.15, 0.2) is 0 Å². The molecule has 10 heteroatoms. The molecule has 1 amide bonds. The number of sulfonamides is 1. The Balaban J connectivity index is 1.89. The molecular formula is C21H20N4O5S. The number of nitriles is 1. The minimum absolute atomic E-state index is 0.0841. The van der Waals surface area contributed by atoms with Crippen molar-refractivity contribution in [3.63, 3.8) is 0 Å². The molecule has 0 saturated heterocycles. The fraction of sp³-hybridized carbons (Fsp3) is 0.190. The molecule has 3 rings (SSSR count). The number of H-pyrrole nitrogens is 1. The molecule has 3 aromatic rings. The summed E-state index contributed by atoms with van der Waals surface area (Å²) < 4.78 is 28.4. The van der Waals surface area contributed by atoms with Crippen molar-refractivity contribution in [2.45, 2.75) is 31.2 Å². The Kier molecular flexibility index (Phi) is 5.99. The number of carboxylic acids is 1. The van der Waals surface area contributed by atoms with Gasteiger partial charge in [-0.25, -0.2) is 8.42 Å². The van der Waals surface area contributed by atoms with E-state index in [1.54, 1.807) is 19.1 Å². The lowest BCUT2D eigenvalue weighted by Crippen LogP contribution is -2.34. The van der Waals surface area contributed by atoms with Gasteiger partial charge in [0.25, 0.3) is 15.9 Å². The van der Waals surface area contributed by atoms with Crippen molar-refractivity contribution >= 4 is 38.5 Å². The number of anilines is 1. The van der Waals surface area contributed by atoms with Gasteiger partial charge in [-0.15, -0.1) is 0 Å². The molecule has 0 unspecified atom stereocenters. The predicted molar refractivity (Wildman–Crippen MR) is 114 cm³/mol. The van der Waals surface area contributed by atoms with Crippen molar-refractivity contribution in [3.8, 4) is 6.07 Å². The summed E-state index contributed by atoms with van der Waals surface area (Å²) in [4.78, 5) is 25.9. The van der Waals surface area contributed by atoms with Gasteiger partial charge in [0.2, 0.25) is 0 Å². The number of hydrogen-bond acceptors (Lipinski definition) is 5. The molecule has 1 atom stereocenters. The quantitative estimate of drug-likeness (QED) is 0.443. The summed E-state index contributed by atoms with van der Waals surface area (Å²) in [7, 11) is -4.05. The number of carbonyl (C=O) groups excluding carboxylic acids is 1. The summed E-state index contributed by atoms with van der Waals surface area (Å²) in [6, 6.07) is 10.2. The molecule has 0 saturated carbocycles. The van der Waals surface area contributed by atoms with Crippen molar-refractivity contribution < 1.29 is 23.1 Å². The van der Waals surface area contributed by atoms with Crippen molar-refractivity contribution in [2.24, 2.45) is 0 Å². The number of hydrogen-bond donors (Lipinski definition) is 4. The van der Waals surface area contributed by atoms with Crippen LogP contribution in [0.15, 0.2) is 47.5 Å². The van der Waals surface area contributed by atoms with E-state index in [1.165, 1.54) is 30.5 Å². The standard InChI is InChI=1S/C21H20N4O5S/c1-12-6-7-17(20-19(12)15(10-22)11-23-20)25-31(29,30)16-5-3-4-14(9-16)21(28)24-13(2)8-18(26)27/h3-7,9,11,13,23,25H,8H2,1-2H3,(H,24,28)(H,26,27)/t13-/m1/s1. The molecule has 0 aliphatic carbocycles. The van der Waals surface area contributed by atoms with Crippen LogP contribution in [0.2, 0.25) is 0 Å².